The van der Waals surface area contributed by atoms with Crippen LogP contribution in [-0.2, 0) is 12.6 Å². The van der Waals surface area contributed by atoms with Crippen LogP contribution in [0.3, 0.4) is 0 Å². The van der Waals surface area contributed by atoms with Gasteiger partial charge in [0.25, 0.3) is 0 Å². The van der Waals surface area contributed by atoms with E-state index in [9.17, 15) is 13.2 Å². The Morgan fingerprint density at radius 1 is 1.00 bits per heavy atom. The summed E-state index contributed by atoms with van der Waals surface area (Å²) in [7, 11) is 1.73. The molecule has 0 N–H and O–H groups in total. The van der Waals surface area contributed by atoms with E-state index in [1.165, 1.54) is 28.8 Å². The highest BCUT2D eigenvalue weighted by molar-refractivity contribution is 5.74. The highest BCUT2D eigenvalue weighted by atomic mass is 19.4. The number of allylic oxidation sites excluding steroid dienone is 2. The molecule has 1 aliphatic carbocycles. The van der Waals surface area contributed by atoms with Crippen LogP contribution in [0.4, 0.5) is 18.9 Å². The van der Waals surface area contributed by atoms with E-state index >= 15 is 0 Å². The molecule has 0 saturated carbocycles. The first kappa shape index (κ1) is 21.8. The SMILES string of the molecule is COc1cccc2c1C(CCCN1CCN(c3cccc(C(F)(F)F)c3)CC1)=CCC2. The van der Waals surface area contributed by atoms with Crippen molar-refractivity contribution in [1.29, 1.82) is 0 Å². The van der Waals surface area contributed by atoms with Crippen LogP contribution in [-0.4, -0.2) is 44.7 Å². The van der Waals surface area contributed by atoms with Crippen molar-refractivity contribution in [1.82, 2.24) is 4.90 Å². The largest absolute Gasteiger partial charge is 0.496 e. The summed E-state index contributed by atoms with van der Waals surface area (Å²) in [6.45, 7) is 4.24. The summed E-state index contributed by atoms with van der Waals surface area (Å²) in [5, 5.41) is 0. The second kappa shape index (κ2) is 9.35. The molecule has 4 rings (SSSR count). The van der Waals surface area contributed by atoms with Gasteiger partial charge < -0.3 is 9.64 Å². The van der Waals surface area contributed by atoms with E-state index in [0.29, 0.717) is 5.69 Å². The maximum absolute atomic E-state index is 13.0. The van der Waals surface area contributed by atoms with Crippen molar-refractivity contribution in [3.63, 3.8) is 0 Å². The van der Waals surface area contributed by atoms with Crippen molar-refractivity contribution >= 4 is 11.3 Å². The maximum Gasteiger partial charge on any atom is 0.416 e. The number of hydrogen-bond donors (Lipinski definition) is 0. The van der Waals surface area contributed by atoms with Crippen LogP contribution in [0.1, 0.15) is 36.0 Å². The molecule has 0 spiro atoms. The molecule has 1 fully saturated rings. The first-order valence-electron chi connectivity index (χ1n) is 11.0. The van der Waals surface area contributed by atoms with Gasteiger partial charge in [-0.25, -0.2) is 0 Å². The summed E-state index contributed by atoms with van der Waals surface area (Å²) in [6, 6.07) is 11.9. The number of benzene rings is 2. The van der Waals surface area contributed by atoms with Crippen LogP contribution in [0.15, 0.2) is 48.5 Å². The second-order valence-corrected chi connectivity index (χ2v) is 8.24. The summed E-state index contributed by atoms with van der Waals surface area (Å²) in [6.07, 6.45) is 2.26. The number of nitrogens with zero attached hydrogens (tertiary/aromatic N) is 2. The zero-order chi connectivity index (χ0) is 21.8. The molecule has 1 aliphatic heterocycles. The minimum atomic E-state index is -4.30. The van der Waals surface area contributed by atoms with Crippen LogP contribution in [0.2, 0.25) is 0 Å². The lowest BCUT2D eigenvalue weighted by atomic mass is 9.87. The Hall–Kier alpha value is -2.47. The molecule has 0 aromatic heterocycles. The summed E-state index contributed by atoms with van der Waals surface area (Å²) in [5.41, 5.74) is 4.09. The molecule has 0 atom stereocenters. The van der Waals surface area contributed by atoms with Crippen molar-refractivity contribution in [3.05, 3.63) is 65.2 Å². The van der Waals surface area contributed by atoms with Crippen molar-refractivity contribution in [2.45, 2.75) is 31.9 Å². The number of methoxy groups -OCH3 is 1. The average molecular weight is 431 g/mol. The van der Waals surface area contributed by atoms with E-state index in [1.807, 2.05) is 6.07 Å². The van der Waals surface area contributed by atoms with Gasteiger partial charge in [0.2, 0.25) is 0 Å². The molecule has 0 unspecified atom stereocenters. The predicted molar refractivity (Wildman–Crippen MR) is 119 cm³/mol. The fraction of sp³-hybridized carbons (Fsp3) is 0.440. The van der Waals surface area contributed by atoms with Crippen molar-refractivity contribution in [2.75, 3.05) is 44.7 Å². The van der Waals surface area contributed by atoms with Crippen LogP contribution < -0.4 is 9.64 Å². The highest BCUT2D eigenvalue weighted by Gasteiger charge is 2.31. The molecule has 2 aromatic rings. The lowest BCUT2D eigenvalue weighted by Gasteiger charge is -2.36. The van der Waals surface area contributed by atoms with E-state index in [0.717, 1.165) is 70.2 Å². The fourth-order valence-corrected chi connectivity index (χ4v) is 4.65. The van der Waals surface area contributed by atoms with E-state index in [1.54, 1.807) is 13.2 Å². The van der Waals surface area contributed by atoms with Gasteiger partial charge in [-0.05, 0) is 67.6 Å². The third kappa shape index (κ3) is 5.06. The number of halogens is 3. The zero-order valence-corrected chi connectivity index (χ0v) is 17.9. The third-order valence-electron chi connectivity index (χ3n) is 6.29. The third-order valence-corrected chi connectivity index (χ3v) is 6.29. The summed E-state index contributed by atoms with van der Waals surface area (Å²) in [5.74, 6) is 0.957. The molecule has 0 amide bonds. The average Bonchev–Trinajstić information content (AvgIpc) is 2.79. The van der Waals surface area contributed by atoms with E-state index in [-0.39, 0.29) is 0 Å². The standard InChI is InChI=1S/C25H29F3N2O/c1-31-23-12-3-8-19-6-2-7-20(24(19)23)9-5-13-29-14-16-30(17-15-29)22-11-4-10-21(18-22)25(26,27)28/h3-4,7-8,10-12,18H,2,5-6,9,13-17H2,1H3. The van der Waals surface area contributed by atoms with Gasteiger partial charge in [-0.15, -0.1) is 0 Å². The number of fused-ring (bicyclic) bond motifs is 1. The van der Waals surface area contributed by atoms with Crippen LogP contribution >= 0.6 is 0 Å². The van der Waals surface area contributed by atoms with Crippen LogP contribution in [0.25, 0.3) is 5.57 Å². The van der Waals surface area contributed by atoms with Gasteiger partial charge in [0.15, 0.2) is 0 Å². The Kier molecular flexibility index (Phi) is 6.56. The van der Waals surface area contributed by atoms with Crippen molar-refractivity contribution in [3.8, 4) is 5.75 Å². The number of ether oxygens (including phenoxy) is 1. The van der Waals surface area contributed by atoms with Gasteiger partial charge >= 0.3 is 6.18 Å². The van der Waals surface area contributed by atoms with Gasteiger partial charge in [0, 0.05) is 37.4 Å². The molecule has 1 saturated heterocycles. The maximum atomic E-state index is 13.0. The van der Waals surface area contributed by atoms with E-state index in [4.69, 9.17) is 4.74 Å². The van der Waals surface area contributed by atoms with Gasteiger partial charge in [-0.1, -0.05) is 24.3 Å². The summed E-state index contributed by atoms with van der Waals surface area (Å²) >= 11 is 0. The lowest BCUT2D eigenvalue weighted by molar-refractivity contribution is -0.137. The van der Waals surface area contributed by atoms with E-state index in [2.05, 4.69) is 28.0 Å². The monoisotopic (exact) mass is 430 g/mol. The Morgan fingerprint density at radius 2 is 1.77 bits per heavy atom. The van der Waals surface area contributed by atoms with Gasteiger partial charge in [0.1, 0.15) is 5.75 Å². The van der Waals surface area contributed by atoms with Gasteiger partial charge in [0.05, 0.1) is 12.7 Å². The van der Waals surface area contributed by atoms with Crippen molar-refractivity contribution in [2.24, 2.45) is 0 Å². The molecule has 3 nitrogen and oxygen atoms in total. The molecular weight excluding hydrogens is 401 g/mol. The van der Waals surface area contributed by atoms with Gasteiger partial charge in [-0.3, -0.25) is 4.90 Å². The molecule has 0 bridgehead atoms. The van der Waals surface area contributed by atoms with Crippen LogP contribution in [0.5, 0.6) is 5.75 Å². The second-order valence-electron chi connectivity index (χ2n) is 8.24. The fourth-order valence-electron chi connectivity index (χ4n) is 4.65. The predicted octanol–water partition coefficient (Wildman–Crippen LogP) is 5.65. The Bertz CT molecular complexity index is 931. The number of anilines is 1. The minimum absolute atomic E-state index is 0.580. The molecule has 2 aromatic carbocycles. The number of piperazine rings is 1. The zero-order valence-electron chi connectivity index (χ0n) is 17.9. The van der Waals surface area contributed by atoms with Gasteiger partial charge in [-0.2, -0.15) is 13.2 Å². The first-order valence-corrected chi connectivity index (χ1v) is 11.0. The minimum Gasteiger partial charge on any atom is -0.496 e. The normalized spacial score (nSPS) is 17.3. The van der Waals surface area contributed by atoms with Crippen molar-refractivity contribution < 1.29 is 17.9 Å². The quantitative estimate of drug-likeness (QED) is 0.589. The number of hydrogen-bond acceptors (Lipinski definition) is 3. The lowest BCUT2D eigenvalue weighted by Crippen LogP contribution is -2.46. The molecule has 166 valence electrons. The molecule has 2 aliphatic rings. The van der Waals surface area contributed by atoms with E-state index < -0.39 is 11.7 Å². The number of alkyl halides is 3. The number of aryl methyl sites for hydroxylation is 1. The Morgan fingerprint density at radius 3 is 2.52 bits per heavy atom. The molecule has 0 radical (unpaired) electrons. The molecular formula is C25H29F3N2O. The smallest absolute Gasteiger partial charge is 0.416 e. The Labute approximate surface area is 182 Å². The Balaban J connectivity index is 1.29. The molecule has 31 heavy (non-hydrogen) atoms. The topological polar surface area (TPSA) is 15.7 Å². The summed E-state index contributed by atoms with van der Waals surface area (Å²) in [4.78, 5) is 4.47. The molecule has 1 heterocycles. The summed E-state index contributed by atoms with van der Waals surface area (Å²) < 4.78 is 44.6. The number of rotatable bonds is 6. The van der Waals surface area contributed by atoms with Crippen LogP contribution in [0, 0.1) is 0 Å². The first-order chi connectivity index (χ1) is 15.0. The highest BCUT2D eigenvalue weighted by Crippen LogP contribution is 2.36. The molecule has 6 heteroatoms.